The van der Waals surface area contributed by atoms with E-state index in [2.05, 4.69) is 13.8 Å². The van der Waals surface area contributed by atoms with Gasteiger partial charge < -0.3 is 9.47 Å². The van der Waals surface area contributed by atoms with Crippen molar-refractivity contribution in [1.82, 2.24) is 0 Å². The van der Waals surface area contributed by atoms with E-state index in [-0.39, 0.29) is 0 Å². The van der Waals surface area contributed by atoms with Crippen molar-refractivity contribution in [2.45, 2.75) is 61.8 Å². The van der Waals surface area contributed by atoms with Crippen LogP contribution >= 0.6 is 0 Å². The van der Waals surface area contributed by atoms with Gasteiger partial charge in [0, 0.05) is 0 Å². The van der Waals surface area contributed by atoms with Crippen LogP contribution in [-0.2, 0) is 9.47 Å². The molecule has 0 saturated carbocycles. The predicted octanol–water partition coefficient (Wildman–Crippen LogP) is 4.75. The van der Waals surface area contributed by atoms with Gasteiger partial charge >= 0.3 is 0 Å². The van der Waals surface area contributed by atoms with Crippen LogP contribution < -0.4 is 0 Å². The lowest BCUT2D eigenvalue weighted by atomic mass is 10.4. The summed E-state index contributed by atoms with van der Waals surface area (Å²) in [5.41, 5.74) is 0. The summed E-state index contributed by atoms with van der Waals surface area (Å²) in [6, 6.07) is 0. The Bertz CT molecular complexity index is 114. The Balaban J connectivity index is -0.000000176. The van der Waals surface area contributed by atoms with Gasteiger partial charge in [-0.2, -0.15) is 0 Å². The van der Waals surface area contributed by atoms with Crippen LogP contribution in [0.2, 0.25) is 0 Å². The third-order valence-corrected chi connectivity index (χ3v) is 1.22. The van der Waals surface area contributed by atoms with Crippen LogP contribution in [0.4, 0.5) is 0 Å². The van der Waals surface area contributed by atoms with Crippen LogP contribution in [0.3, 0.4) is 0 Å². The summed E-state index contributed by atoms with van der Waals surface area (Å²) in [5, 5.41) is 0. The molecule has 0 spiro atoms. The quantitative estimate of drug-likeness (QED) is 0.584. The van der Waals surface area contributed by atoms with Crippen molar-refractivity contribution < 1.29 is 9.47 Å². The highest BCUT2D eigenvalue weighted by Crippen LogP contribution is 2.10. The Morgan fingerprint density at radius 3 is 1.13 bits per heavy atom. The maximum Gasteiger partial charge on any atom is 0.130 e. The van der Waals surface area contributed by atoms with Crippen LogP contribution in [0.15, 0.2) is 11.5 Å². The zero-order valence-corrected chi connectivity index (χ0v) is 11.9. The third-order valence-electron chi connectivity index (χ3n) is 1.22. The Morgan fingerprint density at radius 1 is 0.800 bits per heavy atom. The fourth-order valence-corrected chi connectivity index (χ4v) is 0.593. The van der Waals surface area contributed by atoms with E-state index in [4.69, 9.17) is 9.47 Å². The smallest absolute Gasteiger partial charge is 0.130 e. The molecule has 94 valence electrons. The average molecular weight is 218 g/mol. The molecule has 0 amide bonds. The number of hydrogen-bond acceptors (Lipinski definition) is 2. The lowest BCUT2D eigenvalue weighted by Gasteiger charge is -2.16. The van der Waals surface area contributed by atoms with Gasteiger partial charge in [0.25, 0.3) is 0 Å². The highest BCUT2D eigenvalue weighted by atomic mass is 16.6. The topological polar surface area (TPSA) is 18.5 Å². The molecule has 0 N–H and O–H groups in total. The Kier molecular flexibility index (Phi) is 25.1. The molecule has 0 bridgehead atoms. The Hall–Kier alpha value is -0.660. The van der Waals surface area contributed by atoms with E-state index >= 15 is 0 Å². The molecule has 0 atom stereocenters. The highest BCUT2D eigenvalue weighted by Gasteiger charge is 2.04. The van der Waals surface area contributed by atoms with E-state index in [0.717, 1.165) is 11.5 Å². The molecule has 0 fully saturated rings. The van der Waals surface area contributed by atoms with Crippen molar-refractivity contribution >= 4 is 0 Å². The maximum atomic E-state index is 5.14. The zero-order valence-electron chi connectivity index (χ0n) is 11.9. The minimum atomic E-state index is 0.698. The Morgan fingerprint density at radius 2 is 1.00 bits per heavy atom. The van der Waals surface area contributed by atoms with Gasteiger partial charge in [0.1, 0.15) is 24.7 Å². The second-order valence-corrected chi connectivity index (χ2v) is 2.52. The van der Waals surface area contributed by atoms with Gasteiger partial charge in [-0.1, -0.05) is 48.0 Å². The summed E-state index contributed by atoms with van der Waals surface area (Å²) in [6.07, 6.45) is 1.25. The number of allylic oxidation sites excluding steroid dienone is 2. The molecule has 1 aliphatic rings. The first-order chi connectivity index (χ1) is 7.22. The van der Waals surface area contributed by atoms with Crippen molar-refractivity contribution in [1.29, 1.82) is 0 Å². The largest absolute Gasteiger partial charge is 0.491 e. The minimum absolute atomic E-state index is 0.698. The van der Waals surface area contributed by atoms with E-state index in [9.17, 15) is 0 Å². The first kappa shape index (κ1) is 19.8. The van der Waals surface area contributed by atoms with E-state index in [1.165, 1.54) is 6.42 Å². The predicted molar refractivity (Wildman–Crippen MR) is 68.9 cm³/mol. The van der Waals surface area contributed by atoms with Crippen molar-refractivity contribution in [3.63, 3.8) is 0 Å². The van der Waals surface area contributed by atoms with Gasteiger partial charge in [-0.05, 0) is 13.8 Å². The SMILES string of the molecule is CC.CC.CC1=C(C)OCCO1.CCC. The van der Waals surface area contributed by atoms with Gasteiger partial charge in [0.2, 0.25) is 0 Å². The lowest BCUT2D eigenvalue weighted by molar-refractivity contribution is 0.0648. The number of rotatable bonds is 0. The first-order valence-electron chi connectivity index (χ1n) is 6.15. The van der Waals surface area contributed by atoms with Crippen molar-refractivity contribution in [3.05, 3.63) is 11.5 Å². The van der Waals surface area contributed by atoms with Crippen LogP contribution in [0.25, 0.3) is 0 Å². The maximum absolute atomic E-state index is 5.14. The summed E-state index contributed by atoms with van der Waals surface area (Å²) < 4.78 is 10.3. The van der Waals surface area contributed by atoms with Gasteiger partial charge in [-0.25, -0.2) is 0 Å². The molecule has 15 heavy (non-hydrogen) atoms. The van der Waals surface area contributed by atoms with Crippen LogP contribution in [0.5, 0.6) is 0 Å². The van der Waals surface area contributed by atoms with Crippen molar-refractivity contribution in [2.75, 3.05) is 13.2 Å². The van der Waals surface area contributed by atoms with E-state index in [1.807, 2.05) is 41.5 Å². The molecule has 0 saturated heterocycles. The molecule has 1 aliphatic heterocycles. The summed E-state index contributed by atoms with van der Waals surface area (Å²) in [5.74, 6) is 1.83. The van der Waals surface area contributed by atoms with Crippen LogP contribution in [0.1, 0.15) is 61.8 Å². The second-order valence-electron chi connectivity index (χ2n) is 2.52. The van der Waals surface area contributed by atoms with E-state index < -0.39 is 0 Å². The number of hydrogen-bond donors (Lipinski definition) is 0. The van der Waals surface area contributed by atoms with Gasteiger partial charge in [0.05, 0.1) is 0 Å². The first-order valence-corrected chi connectivity index (χ1v) is 6.15. The monoisotopic (exact) mass is 218 g/mol. The average Bonchev–Trinajstić information content (AvgIpc) is 2.29. The molecule has 0 aromatic heterocycles. The molecule has 2 nitrogen and oxygen atoms in total. The fraction of sp³-hybridized carbons (Fsp3) is 0.846. The van der Waals surface area contributed by atoms with Crippen molar-refractivity contribution in [2.24, 2.45) is 0 Å². The number of ether oxygens (including phenoxy) is 2. The molecule has 0 aromatic carbocycles. The molecular weight excluding hydrogens is 188 g/mol. The molecule has 0 radical (unpaired) electrons. The summed E-state index contributed by atoms with van der Waals surface area (Å²) in [7, 11) is 0. The summed E-state index contributed by atoms with van der Waals surface area (Å²) in [6.45, 7) is 17.5. The fourth-order valence-electron chi connectivity index (χ4n) is 0.593. The molecule has 1 rings (SSSR count). The summed E-state index contributed by atoms with van der Waals surface area (Å²) >= 11 is 0. The highest BCUT2D eigenvalue weighted by molar-refractivity contribution is 4.96. The van der Waals surface area contributed by atoms with Gasteiger partial charge in [-0.15, -0.1) is 0 Å². The van der Waals surface area contributed by atoms with Crippen LogP contribution in [0, 0.1) is 0 Å². The van der Waals surface area contributed by atoms with E-state index in [0.29, 0.717) is 13.2 Å². The minimum Gasteiger partial charge on any atom is -0.491 e. The standard InChI is InChI=1S/C6H10O2.C3H8.2C2H6/c1-5-6(2)8-4-3-7-5;1-3-2;2*1-2/h3-4H2,1-2H3;3H2,1-2H3;2*1-2H3. The van der Waals surface area contributed by atoms with Crippen LogP contribution in [-0.4, -0.2) is 13.2 Å². The second kappa shape index (κ2) is 19.0. The zero-order chi connectivity index (χ0) is 12.7. The normalized spacial score (nSPS) is 12.5. The van der Waals surface area contributed by atoms with Crippen molar-refractivity contribution in [3.8, 4) is 0 Å². The molecular formula is C13H30O2. The molecule has 2 heteroatoms. The summed E-state index contributed by atoms with van der Waals surface area (Å²) in [4.78, 5) is 0. The molecule has 1 heterocycles. The Labute approximate surface area is 96.7 Å². The molecule has 0 aliphatic carbocycles. The third kappa shape index (κ3) is 16.0. The van der Waals surface area contributed by atoms with E-state index in [1.54, 1.807) is 0 Å². The lowest BCUT2D eigenvalue weighted by Crippen LogP contribution is -2.10. The molecule has 0 unspecified atom stereocenters. The molecule has 0 aromatic rings. The van der Waals surface area contributed by atoms with Gasteiger partial charge in [0.15, 0.2) is 0 Å². The van der Waals surface area contributed by atoms with Gasteiger partial charge in [-0.3, -0.25) is 0 Å².